The van der Waals surface area contributed by atoms with E-state index in [-0.39, 0.29) is 5.91 Å². The number of nitrogens with one attached hydrogen (secondary N) is 1. The fourth-order valence-corrected chi connectivity index (χ4v) is 3.16. The maximum absolute atomic E-state index is 12.8. The average Bonchev–Trinajstić information content (AvgIpc) is 2.90. The molecule has 5 nitrogen and oxygen atoms in total. The Morgan fingerprint density at radius 2 is 1.91 bits per heavy atom. The number of benzene rings is 2. The number of carbonyl (C=O) groups is 1. The molecule has 0 saturated carbocycles. The van der Waals surface area contributed by atoms with Crippen LogP contribution >= 0.6 is 15.9 Å². The third kappa shape index (κ3) is 3.53. The summed E-state index contributed by atoms with van der Waals surface area (Å²) in [6.45, 7) is 0. The van der Waals surface area contributed by atoms with Crippen molar-refractivity contribution in [3.05, 3.63) is 52.5 Å². The summed E-state index contributed by atoms with van der Waals surface area (Å²) in [6.07, 6.45) is -0.221. The Labute approximate surface area is 140 Å². The number of amides is 1. The van der Waals surface area contributed by atoms with E-state index < -0.39 is 21.2 Å². The van der Waals surface area contributed by atoms with E-state index in [0.29, 0.717) is 17.9 Å². The van der Waals surface area contributed by atoms with Crippen LogP contribution in [0.25, 0.3) is 0 Å². The van der Waals surface area contributed by atoms with Gasteiger partial charge in [0, 0.05) is 16.6 Å². The molecule has 23 heavy (non-hydrogen) atoms. The average molecular weight is 400 g/mol. The van der Waals surface area contributed by atoms with Gasteiger partial charge in [0.15, 0.2) is 6.10 Å². The third-order valence-electron chi connectivity index (χ3n) is 3.39. The van der Waals surface area contributed by atoms with Crippen molar-refractivity contribution in [1.29, 1.82) is 0 Å². The summed E-state index contributed by atoms with van der Waals surface area (Å²) in [5, 5.41) is 2.62. The fraction of sp³-hybridized carbons (Fsp3) is 0.133. The second-order valence-corrected chi connectivity index (χ2v) is 7.28. The summed E-state index contributed by atoms with van der Waals surface area (Å²) in [4.78, 5) is 11.8. The number of ether oxygens (including phenoxy) is 1. The second-order valence-electron chi connectivity index (χ2n) is 5.01. The molecular weight excluding hydrogens is 389 g/mol. The third-order valence-corrected chi connectivity index (χ3v) is 4.72. The lowest BCUT2D eigenvalue weighted by molar-refractivity contribution is -0.122. The minimum Gasteiger partial charge on any atom is -0.480 e. The smallest absolute Gasteiger partial charge is 0.332 e. The Morgan fingerprint density at radius 3 is 2.57 bits per heavy atom. The van der Waals surface area contributed by atoms with Gasteiger partial charge in [-0.2, -0.15) is 8.42 Å². The molecule has 2 aromatic rings. The van der Waals surface area contributed by atoms with Gasteiger partial charge in [0.05, 0.1) is 4.90 Å². The molecule has 1 aliphatic rings. The van der Waals surface area contributed by atoms with E-state index >= 15 is 0 Å². The number of hydrogen-bond acceptors (Lipinski definition) is 4. The molecule has 0 saturated heterocycles. The summed E-state index contributed by atoms with van der Waals surface area (Å²) in [5.41, 5.74) is 1.29. The van der Waals surface area contributed by atoms with Crippen LogP contribution in [0.1, 0.15) is 5.56 Å². The molecule has 1 heterocycles. The number of hydrogen-bond donors (Lipinski definition) is 1. The molecule has 0 radical (unpaired) electrons. The summed E-state index contributed by atoms with van der Waals surface area (Å²) in [7, 11) is -4.75. The number of anilines is 1. The first kappa shape index (κ1) is 15.9. The molecule has 120 valence electrons. The quantitative estimate of drug-likeness (QED) is 0.804. The summed E-state index contributed by atoms with van der Waals surface area (Å²) < 4.78 is 40.8. The normalized spacial score (nSPS) is 16.5. The van der Waals surface area contributed by atoms with Gasteiger partial charge in [0.2, 0.25) is 0 Å². The minimum atomic E-state index is -4.75. The van der Waals surface area contributed by atoms with Crippen LogP contribution in [0.4, 0.5) is 9.57 Å². The molecule has 1 N–H and O–H groups in total. The van der Waals surface area contributed by atoms with Crippen molar-refractivity contribution in [2.24, 2.45) is 0 Å². The lowest BCUT2D eigenvalue weighted by atomic mass is 10.1. The molecule has 2 aromatic carbocycles. The van der Waals surface area contributed by atoms with Gasteiger partial charge in [-0.3, -0.25) is 4.79 Å². The van der Waals surface area contributed by atoms with Crippen LogP contribution in [0, 0.1) is 0 Å². The monoisotopic (exact) mass is 399 g/mol. The lowest BCUT2D eigenvalue weighted by Crippen LogP contribution is -2.31. The van der Waals surface area contributed by atoms with Crippen molar-refractivity contribution < 1.29 is 21.8 Å². The Balaban J connectivity index is 1.69. The number of carbonyl (C=O) groups excluding carboxylic acids is 1. The van der Waals surface area contributed by atoms with Crippen LogP contribution in [0.15, 0.2) is 51.8 Å². The first-order valence-electron chi connectivity index (χ1n) is 6.63. The van der Waals surface area contributed by atoms with Gasteiger partial charge in [-0.05, 0) is 48.0 Å². The largest absolute Gasteiger partial charge is 0.480 e. The highest BCUT2D eigenvalue weighted by Crippen LogP contribution is 2.31. The van der Waals surface area contributed by atoms with Crippen molar-refractivity contribution >= 4 is 37.7 Å². The molecular formula is C15H11BrFNO4S. The van der Waals surface area contributed by atoms with E-state index in [2.05, 4.69) is 21.2 Å². The SMILES string of the molecule is O=C(Nc1ccc(S(=O)(=O)F)cc1)C1Cc2cc(Br)ccc2O1. The highest BCUT2D eigenvalue weighted by atomic mass is 79.9. The number of fused-ring (bicyclic) bond motifs is 1. The highest BCUT2D eigenvalue weighted by Gasteiger charge is 2.29. The number of rotatable bonds is 3. The molecule has 0 aliphatic carbocycles. The van der Waals surface area contributed by atoms with Crippen molar-refractivity contribution in [1.82, 2.24) is 0 Å². The van der Waals surface area contributed by atoms with Crippen LogP contribution in [-0.4, -0.2) is 20.4 Å². The van der Waals surface area contributed by atoms with Crippen LogP contribution in [0.5, 0.6) is 5.75 Å². The molecule has 1 unspecified atom stereocenters. The van der Waals surface area contributed by atoms with Gasteiger partial charge in [-0.25, -0.2) is 0 Å². The van der Waals surface area contributed by atoms with Gasteiger partial charge >= 0.3 is 10.2 Å². The van der Waals surface area contributed by atoms with Gasteiger partial charge < -0.3 is 10.1 Å². The Bertz CT molecular complexity index is 868. The Hall–Kier alpha value is -1.93. The molecule has 0 aromatic heterocycles. The molecule has 0 spiro atoms. The predicted octanol–water partition coefficient (Wildman–Crippen LogP) is 3.05. The number of halogens is 2. The lowest BCUT2D eigenvalue weighted by Gasteiger charge is -2.11. The van der Waals surface area contributed by atoms with E-state index in [1.807, 2.05) is 12.1 Å². The standard InChI is InChI=1S/C15H11BrFNO4S/c16-10-1-6-13-9(7-10)8-14(22-13)15(19)18-11-2-4-12(5-3-11)23(17,20)21/h1-7,14H,8H2,(H,18,19). The molecule has 1 aliphatic heterocycles. The van der Waals surface area contributed by atoms with Crippen molar-refractivity contribution in [3.63, 3.8) is 0 Å². The van der Waals surface area contributed by atoms with E-state index in [1.165, 1.54) is 12.1 Å². The highest BCUT2D eigenvalue weighted by molar-refractivity contribution is 9.10. The first-order chi connectivity index (χ1) is 10.8. The Kier molecular flexibility index (Phi) is 4.11. The maximum atomic E-state index is 12.8. The van der Waals surface area contributed by atoms with Crippen molar-refractivity contribution in [2.75, 3.05) is 5.32 Å². The van der Waals surface area contributed by atoms with E-state index in [4.69, 9.17) is 4.74 Å². The zero-order valence-electron chi connectivity index (χ0n) is 11.6. The minimum absolute atomic E-state index is 0.354. The molecule has 1 atom stereocenters. The summed E-state index contributed by atoms with van der Waals surface area (Å²) >= 11 is 3.36. The van der Waals surface area contributed by atoms with E-state index in [9.17, 15) is 17.1 Å². The van der Waals surface area contributed by atoms with E-state index in [0.717, 1.165) is 22.2 Å². The zero-order valence-corrected chi connectivity index (χ0v) is 14.0. The molecule has 1 amide bonds. The van der Waals surface area contributed by atoms with Crippen LogP contribution in [0.2, 0.25) is 0 Å². The van der Waals surface area contributed by atoms with Gasteiger partial charge in [0.1, 0.15) is 5.75 Å². The molecule has 3 rings (SSSR count). The van der Waals surface area contributed by atoms with Crippen LogP contribution in [0.3, 0.4) is 0 Å². The zero-order chi connectivity index (χ0) is 16.6. The molecule has 0 bridgehead atoms. The second kappa shape index (κ2) is 5.93. The van der Waals surface area contributed by atoms with Gasteiger partial charge in [0.25, 0.3) is 5.91 Å². The Morgan fingerprint density at radius 1 is 1.22 bits per heavy atom. The van der Waals surface area contributed by atoms with E-state index in [1.54, 1.807) is 6.07 Å². The summed E-state index contributed by atoms with van der Waals surface area (Å²) in [5.74, 6) is 0.306. The molecule has 0 fully saturated rings. The van der Waals surface area contributed by atoms with Crippen LogP contribution < -0.4 is 10.1 Å². The van der Waals surface area contributed by atoms with Crippen LogP contribution in [-0.2, 0) is 21.4 Å². The maximum Gasteiger partial charge on any atom is 0.332 e. The summed E-state index contributed by atoms with van der Waals surface area (Å²) in [6, 6.07) is 10.3. The van der Waals surface area contributed by atoms with Gasteiger partial charge in [-0.1, -0.05) is 15.9 Å². The first-order valence-corrected chi connectivity index (χ1v) is 8.81. The van der Waals surface area contributed by atoms with Crippen molar-refractivity contribution in [2.45, 2.75) is 17.4 Å². The topological polar surface area (TPSA) is 72.5 Å². The van der Waals surface area contributed by atoms with Crippen molar-refractivity contribution in [3.8, 4) is 5.75 Å². The molecule has 8 heteroatoms. The fourth-order valence-electron chi connectivity index (χ4n) is 2.29. The van der Waals surface area contributed by atoms with Gasteiger partial charge in [-0.15, -0.1) is 3.89 Å². The predicted molar refractivity (Wildman–Crippen MR) is 85.6 cm³/mol.